The summed E-state index contributed by atoms with van der Waals surface area (Å²) >= 11 is 0. The molecule has 0 aliphatic heterocycles. The fourth-order valence-corrected chi connectivity index (χ4v) is 1.73. The molecule has 0 aliphatic rings. The van der Waals surface area contributed by atoms with Gasteiger partial charge in [0.05, 0.1) is 0 Å². The Balaban J connectivity index is 3.21. The fourth-order valence-electron chi connectivity index (χ4n) is 0.711. The molecular formula is C6H13F3Si. The maximum atomic E-state index is 11.5. The van der Waals surface area contributed by atoms with Crippen molar-refractivity contribution in [3.05, 3.63) is 0 Å². The van der Waals surface area contributed by atoms with E-state index in [1.165, 1.54) is 0 Å². The van der Waals surface area contributed by atoms with E-state index in [1.54, 1.807) is 0 Å². The van der Waals surface area contributed by atoms with Crippen LogP contribution in [0.3, 0.4) is 0 Å². The highest BCUT2D eigenvalue weighted by Crippen LogP contribution is 2.22. The number of halogens is 3. The quantitative estimate of drug-likeness (QED) is 0.571. The highest BCUT2D eigenvalue weighted by molar-refractivity contribution is 6.55. The van der Waals surface area contributed by atoms with Crippen LogP contribution in [-0.4, -0.2) is 15.0 Å². The molecule has 10 heavy (non-hydrogen) atoms. The van der Waals surface area contributed by atoms with Crippen LogP contribution in [0.5, 0.6) is 0 Å². The number of hydrogen-bond donors (Lipinski definition) is 0. The van der Waals surface area contributed by atoms with E-state index in [-0.39, 0.29) is 0 Å². The lowest BCUT2D eigenvalue weighted by molar-refractivity contribution is -0.134. The van der Waals surface area contributed by atoms with Gasteiger partial charge >= 0.3 is 6.18 Å². The van der Waals surface area contributed by atoms with E-state index in [0.717, 1.165) is 6.04 Å². The Labute approximate surface area is 61.0 Å². The van der Waals surface area contributed by atoms with Gasteiger partial charge in [-0.15, -0.1) is 0 Å². The van der Waals surface area contributed by atoms with Gasteiger partial charge in [0.2, 0.25) is 0 Å². The van der Waals surface area contributed by atoms with E-state index >= 15 is 0 Å². The molecule has 0 unspecified atom stereocenters. The molecule has 0 aromatic heterocycles. The summed E-state index contributed by atoms with van der Waals surface area (Å²) in [5.41, 5.74) is 0. The lowest BCUT2D eigenvalue weighted by atomic mass is 10.3. The number of rotatable bonds is 3. The molecule has 0 heterocycles. The van der Waals surface area contributed by atoms with Gasteiger partial charge < -0.3 is 0 Å². The smallest absolute Gasteiger partial charge is 0.171 e. The van der Waals surface area contributed by atoms with E-state index in [1.807, 2.05) is 0 Å². The van der Waals surface area contributed by atoms with Crippen molar-refractivity contribution in [2.45, 2.75) is 38.2 Å². The van der Waals surface area contributed by atoms with Crippen LogP contribution in [0.2, 0.25) is 19.1 Å². The normalized spacial score (nSPS) is 12.6. The minimum absolute atomic E-state index is 0.327. The maximum absolute atomic E-state index is 11.5. The Kier molecular flexibility index (Phi) is 4.01. The molecule has 0 saturated carbocycles. The van der Waals surface area contributed by atoms with Crippen LogP contribution in [0.1, 0.15) is 12.8 Å². The van der Waals surface area contributed by atoms with Gasteiger partial charge in [-0.3, -0.25) is 0 Å². The summed E-state index contributed by atoms with van der Waals surface area (Å²) in [6.45, 7) is 4.13. The topological polar surface area (TPSA) is 0 Å². The van der Waals surface area contributed by atoms with Crippen molar-refractivity contribution in [3.8, 4) is 0 Å². The average Bonchev–Trinajstić information content (AvgIpc) is 1.59. The zero-order valence-corrected chi connectivity index (χ0v) is 7.49. The molecule has 4 heteroatoms. The van der Waals surface area contributed by atoms with Crippen molar-refractivity contribution >= 4 is 8.80 Å². The summed E-state index contributed by atoms with van der Waals surface area (Å²) in [4.78, 5) is 0. The zero-order valence-electron chi connectivity index (χ0n) is 6.33. The molecule has 0 atom stereocenters. The van der Waals surface area contributed by atoms with Gasteiger partial charge in [-0.2, -0.15) is 13.2 Å². The Hall–Kier alpha value is 0.00688. The first-order valence-corrected chi connectivity index (χ1v) is 6.61. The lowest BCUT2D eigenvalue weighted by Gasteiger charge is -2.06. The molecule has 0 amide bonds. The van der Waals surface area contributed by atoms with Crippen LogP contribution in [0.25, 0.3) is 0 Å². The molecule has 62 valence electrons. The SMILES string of the molecule is C[SiH](C)CCCC(F)(F)F. The van der Waals surface area contributed by atoms with Crippen molar-refractivity contribution in [1.82, 2.24) is 0 Å². The molecule has 0 nitrogen and oxygen atoms in total. The molecular weight excluding hydrogens is 157 g/mol. The van der Waals surface area contributed by atoms with Gasteiger partial charge in [0.1, 0.15) is 0 Å². The van der Waals surface area contributed by atoms with Gasteiger partial charge in [0.25, 0.3) is 0 Å². The van der Waals surface area contributed by atoms with Gasteiger partial charge in [-0.25, -0.2) is 0 Å². The molecule has 0 fully saturated rings. The number of alkyl halides is 3. The van der Waals surface area contributed by atoms with E-state index in [2.05, 4.69) is 13.1 Å². The Morgan fingerprint density at radius 1 is 1.20 bits per heavy atom. The van der Waals surface area contributed by atoms with Crippen molar-refractivity contribution in [3.63, 3.8) is 0 Å². The van der Waals surface area contributed by atoms with Gasteiger partial charge in [-0.1, -0.05) is 19.1 Å². The molecule has 0 bridgehead atoms. The van der Waals surface area contributed by atoms with E-state index in [0.29, 0.717) is 6.42 Å². The molecule has 0 aliphatic carbocycles. The first kappa shape index (κ1) is 10.0. The van der Waals surface area contributed by atoms with Crippen molar-refractivity contribution in [1.29, 1.82) is 0 Å². The second kappa shape index (κ2) is 4.01. The Bertz CT molecular complexity index is 87.5. The van der Waals surface area contributed by atoms with Crippen LogP contribution < -0.4 is 0 Å². The molecule has 0 spiro atoms. The Morgan fingerprint density at radius 3 is 2.00 bits per heavy atom. The monoisotopic (exact) mass is 170 g/mol. The summed E-state index contributed by atoms with van der Waals surface area (Å²) in [7, 11) is -0.760. The molecule has 0 rings (SSSR count). The van der Waals surface area contributed by atoms with Crippen LogP contribution >= 0.6 is 0 Å². The van der Waals surface area contributed by atoms with Gasteiger partial charge in [-0.05, 0) is 6.42 Å². The molecule has 0 aromatic carbocycles. The summed E-state index contributed by atoms with van der Waals surface area (Å²) < 4.78 is 34.6. The second-order valence-electron chi connectivity index (χ2n) is 2.90. The largest absolute Gasteiger partial charge is 0.389 e. The minimum atomic E-state index is -3.94. The zero-order chi connectivity index (χ0) is 8.20. The third-order valence-corrected chi connectivity index (χ3v) is 2.80. The predicted molar refractivity (Wildman–Crippen MR) is 39.0 cm³/mol. The average molecular weight is 170 g/mol. The summed E-state index contributed by atoms with van der Waals surface area (Å²) in [5, 5.41) is 0. The van der Waals surface area contributed by atoms with Crippen molar-refractivity contribution < 1.29 is 13.2 Å². The lowest BCUT2D eigenvalue weighted by Crippen LogP contribution is -2.08. The molecule has 0 N–H and O–H groups in total. The third kappa shape index (κ3) is 8.01. The standard InChI is InChI=1S/C6H13F3Si/c1-10(2)5-3-4-6(7,8)9/h10H,3-5H2,1-2H3. The molecule has 0 aromatic rings. The van der Waals surface area contributed by atoms with Crippen LogP contribution in [-0.2, 0) is 0 Å². The van der Waals surface area contributed by atoms with Crippen molar-refractivity contribution in [2.24, 2.45) is 0 Å². The van der Waals surface area contributed by atoms with Crippen molar-refractivity contribution in [2.75, 3.05) is 0 Å². The second-order valence-corrected chi connectivity index (χ2v) is 6.27. The summed E-state index contributed by atoms with van der Waals surface area (Å²) in [6, 6.07) is 0.805. The van der Waals surface area contributed by atoms with E-state index in [9.17, 15) is 13.2 Å². The molecule has 0 radical (unpaired) electrons. The Morgan fingerprint density at radius 2 is 1.70 bits per heavy atom. The van der Waals surface area contributed by atoms with Gasteiger partial charge in [0, 0.05) is 15.2 Å². The predicted octanol–water partition coefficient (Wildman–Crippen LogP) is 2.82. The molecule has 0 saturated heterocycles. The third-order valence-electron chi connectivity index (χ3n) is 1.24. The fraction of sp³-hybridized carbons (Fsp3) is 1.00. The van der Waals surface area contributed by atoms with E-state index < -0.39 is 21.4 Å². The van der Waals surface area contributed by atoms with E-state index in [4.69, 9.17) is 0 Å². The first-order chi connectivity index (χ1) is 4.42. The highest BCUT2D eigenvalue weighted by atomic mass is 28.3. The van der Waals surface area contributed by atoms with Crippen LogP contribution in [0, 0.1) is 0 Å². The van der Waals surface area contributed by atoms with Crippen LogP contribution in [0.4, 0.5) is 13.2 Å². The first-order valence-electron chi connectivity index (χ1n) is 3.48. The maximum Gasteiger partial charge on any atom is 0.389 e. The minimum Gasteiger partial charge on any atom is -0.171 e. The van der Waals surface area contributed by atoms with Crippen LogP contribution in [0.15, 0.2) is 0 Å². The van der Waals surface area contributed by atoms with Gasteiger partial charge in [0.15, 0.2) is 0 Å². The summed E-state index contributed by atoms with van der Waals surface area (Å²) in [5.74, 6) is 0. The highest BCUT2D eigenvalue weighted by Gasteiger charge is 2.25. The number of hydrogen-bond acceptors (Lipinski definition) is 0. The summed E-state index contributed by atoms with van der Waals surface area (Å²) in [6.07, 6.45) is -4.21.